The summed E-state index contributed by atoms with van der Waals surface area (Å²) in [5, 5.41) is 19.7. The second-order valence-corrected chi connectivity index (χ2v) is 3.40. The van der Waals surface area contributed by atoms with E-state index in [4.69, 9.17) is 4.42 Å². The topological polar surface area (TPSA) is 76.5 Å². The molecule has 5 nitrogen and oxygen atoms in total. The van der Waals surface area contributed by atoms with Crippen LogP contribution in [0.1, 0.15) is 18.6 Å². The van der Waals surface area contributed by atoms with Crippen molar-refractivity contribution in [2.45, 2.75) is 24.9 Å². The standard InChI is InChI=1S/C8H9NO4/c10-8(3-4-8)5-6-1-2-7(13-6)9(11)12/h1-2,10H,3-5H2. The molecule has 0 radical (unpaired) electrons. The van der Waals surface area contributed by atoms with Gasteiger partial charge < -0.3 is 9.52 Å². The van der Waals surface area contributed by atoms with E-state index in [2.05, 4.69) is 0 Å². The number of rotatable bonds is 3. The van der Waals surface area contributed by atoms with Gasteiger partial charge in [-0.15, -0.1) is 0 Å². The van der Waals surface area contributed by atoms with Crippen molar-refractivity contribution in [1.29, 1.82) is 0 Å². The molecule has 1 fully saturated rings. The lowest BCUT2D eigenvalue weighted by molar-refractivity contribution is -0.402. The molecule has 1 aromatic rings. The Hall–Kier alpha value is -1.36. The summed E-state index contributed by atoms with van der Waals surface area (Å²) in [6.45, 7) is 0. The Morgan fingerprint density at radius 3 is 2.77 bits per heavy atom. The van der Waals surface area contributed by atoms with Gasteiger partial charge in [0.05, 0.1) is 11.7 Å². The molecule has 1 saturated carbocycles. The van der Waals surface area contributed by atoms with Crippen molar-refractivity contribution in [3.8, 4) is 0 Å². The molecule has 0 aliphatic heterocycles. The predicted octanol–water partition coefficient (Wildman–Crippen LogP) is 1.26. The zero-order chi connectivity index (χ0) is 9.47. The van der Waals surface area contributed by atoms with Gasteiger partial charge in [-0.05, 0) is 18.9 Å². The van der Waals surface area contributed by atoms with Gasteiger partial charge in [0.25, 0.3) is 0 Å². The van der Waals surface area contributed by atoms with Crippen LogP contribution in [0.5, 0.6) is 0 Å². The first-order valence-electron chi connectivity index (χ1n) is 4.05. The van der Waals surface area contributed by atoms with Crippen molar-refractivity contribution < 1.29 is 14.4 Å². The molecule has 70 valence electrons. The van der Waals surface area contributed by atoms with Gasteiger partial charge in [0.15, 0.2) is 0 Å². The zero-order valence-electron chi connectivity index (χ0n) is 6.90. The summed E-state index contributed by atoms with van der Waals surface area (Å²) >= 11 is 0. The van der Waals surface area contributed by atoms with Crippen LogP contribution in [0, 0.1) is 10.1 Å². The quantitative estimate of drug-likeness (QED) is 0.565. The van der Waals surface area contributed by atoms with E-state index in [9.17, 15) is 15.2 Å². The Labute approximate surface area is 74.1 Å². The second-order valence-electron chi connectivity index (χ2n) is 3.40. The fraction of sp³-hybridized carbons (Fsp3) is 0.500. The zero-order valence-corrected chi connectivity index (χ0v) is 6.90. The predicted molar refractivity (Wildman–Crippen MR) is 43.3 cm³/mol. The van der Waals surface area contributed by atoms with Crippen LogP contribution in [0.25, 0.3) is 0 Å². The molecule has 0 saturated heterocycles. The van der Waals surface area contributed by atoms with E-state index in [-0.39, 0.29) is 5.88 Å². The molecule has 13 heavy (non-hydrogen) atoms. The van der Waals surface area contributed by atoms with Crippen LogP contribution in [0.15, 0.2) is 16.5 Å². The molecular weight excluding hydrogens is 174 g/mol. The fourth-order valence-electron chi connectivity index (χ4n) is 1.21. The van der Waals surface area contributed by atoms with Crippen molar-refractivity contribution >= 4 is 5.88 Å². The molecule has 0 bridgehead atoms. The summed E-state index contributed by atoms with van der Waals surface area (Å²) in [6.07, 6.45) is 1.88. The van der Waals surface area contributed by atoms with Gasteiger partial charge in [0.1, 0.15) is 10.7 Å². The first-order chi connectivity index (χ1) is 6.09. The first kappa shape index (κ1) is 8.25. The van der Waals surface area contributed by atoms with Crippen LogP contribution in [0.4, 0.5) is 5.88 Å². The minimum absolute atomic E-state index is 0.265. The molecular formula is C8H9NO4. The second kappa shape index (κ2) is 2.56. The van der Waals surface area contributed by atoms with E-state index in [0.717, 1.165) is 12.8 Å². The van der Waals surface area contributed by atoms with Gasteiger partial charge in [-0.1, -0.05) is 0 Å². The van der Waals surface area contributed by atoms with Gasteiger partial charge in [-0.2, -0.15) is 0 Å². The van der Waals surface area contributed by atoms with Crippen LogP contribution >= 0.6 is 0 Å². The number of hydrogen-bond donors (Lipinski definition) is 1. The van der Waals surface area contributed by atoms with E-state index in [1.54, 1.807) is 0 Å². The highest BCUT2D eigenvalue weighted by molar-refractivity contribution is 5.20. The third-order valence-corrected chi connectivity index (χ3v) is 2.16. The molecule has 1 aromatic heterocycles. The smallest absolute Gasteiger partial charge is 0.406 e. The summed E-state index contributed by atoms with van der Waals surface area (Å²) in [6, 6.07) is 2.84. The van der Waals surface area contributed by atoms with Gasteiger partial charge >= 0.3 is 5.88 Å². The summed E-state index contributed by atoms with van der Waals surface area (Å²) in [4.78, 5) is 9.66. The molecule has 2 rings (SSSR count). The lowest BCUT2D eigenvalue weighted by atomic mass is 10.2. The maximum Gasteiger partial charge on any atom is 0.433 e. The van der Waals surface area contributed by atoms with E-state index in [0.29, 0.717) is 12.2 Å². The molecule has 0 atom stereocenters. The Kier molecular flexibility index (Phi) is 1.63. The number of nitro groups is 1. The minimum Gasteiger partial charge on any atom is -0.406 e. The number of aliphatic hydroxyl groups is 1. The fourth-order valence-corrected chi connectivity index (χ4v) is 1.21. The van der Waals surface area contributed by atoms with E-state index >= 15 is 0 Å². The summed E-state index contributed by atoms with van der Waals surface area (Å²) in [7, 11) is 0. The maximum atomic E-state index is 10.2. The SMILES string of the molecule is O=[N+]([O-])c1ccc(CC2(O)CC2)o1. The van der Waals surface area contributed by atoms with Gasteiger partial charge in [0, 0.05) is 6.42 Å². The monoisotopic (exact) mass is 183 g/mol. The van der Waals surface area contributed by atoms with Crippen LogP contribution in [-0.2, 0) is 6.42 Å². The summed E-state index contributed by atoms with van der Waals surface area (Å²) in [5.41, 5.74) is -0.661. The molecule has 1 heterocycles. The van der Waals surface area contributed by atoms with Crippen molar-refractivity contribution in [2.75, 3.05) is 0 Å². The first-order valence-corrected chi connectivity index (χ1v) is 4.05. The van der Waals surface area contributed by atoms with Crippen molar-refractivity contribution in [3.63, 3.8) is 0 Å². The molecule has 0 spiro atoms. The molecule has 0 aromatic carbocycles. The number of nitrogens with zero attached hydrogens (tertiary/aromatic N) is 1. The summed E-state index contributed by atoms with van der Waals surface area (Å²) < 4.78 is 4.90. The Balaban J connectivity index is 2.09. The minimum atomic E-state index is -0.661. The maximum absolute atomic E-state index is 10.2. The molecule has 0 amide bonds. The van der Waals surface area contributed by atoms with E-state index < -0.39 is 10.5 Å². The van der Waals surface area contributed by atoms with E-state index in [1.165, 1.54) is 12.1 Å². The van der Waals surface area contributed by atoms with Crippen molar-refractivity contribution in [3.05, 3.63) is 28.0 Å². The highest BCUT2D eigenvalue weighted by Crippen LogP contribution is 2.38. The Bertz CT molecular complexity index is 340. The molecule has 1 N–H and O–H groups in total. The number of furan rings is 1. The average Bonchev–Trinajstić information content (AvgIpc) is 2.62. The largest absolute Gasteiger partial charge is 0.433 e. The highest BCUT2D eigenvalue weighted by atomic mass is 16.6. The Morgan fingerprint density at radius 2 is 2.31 bits per heavy atom. The van der Waals surface area contributed by atoms with Crippen molar-refractivity contribution in [2.24, 2.45) is 0 Å². The van der Waals surface area contributed by atoms with Crippen molar-refractivity contribution in [1.82, 2.24) is 0 Å². The van der Waals surface area contributed by atoms with Gasteiger partial charge in [0.2, 0.25) is 0 Å². The molecule has 5 heteroatoms. The lowest BCUT2D eigenvalue weighted by Crippen LogP contribution is -2.09. The third-order valence-electron chi connectivity index (χ3n) is 2.16. The normalized spacial score (nSPS) is 18.5. The number of hydrogen-bond acceptors (Lipinski definition) is 4. The van der Waals surface area contributed by atoms with Gasteiger partial charge in [-0.3, -0.25) is 10.1 Å². The third kappa shape index (κ3) is 1.70. The summed E-state index contributed by atoms with van der Waals surface area (Å²) in [5.74, 6) is 0.214. The van der Waals surface area contributed by atoms with Gasteiger partial charge in [-0.25, -0.2) is 0 Å². The average molecular weight is 183 g/mol. The van der Waals surface area contributed by atoms with Crippen LogP contribution in [-0.4, -0.2) is 15.6 Å². The van der Waals surface area contributed by atoms with Crippen LogP contribution < -0.4 is 0 Å². The van der Waals surface area contributed by atoms with Crippen LogP contribution in [0.3, 0.4) is 0 Å². The molecule has 1 aliphatic carbocycles. The molecule has 0 unspecified atom stereocenters. The van der Waals surface area contributed by atoms with Crippen LogP contribution in [0.2, 0.25) is 0 Å². The van der Waals surface area contributed by atoms with E-state index in [1.807, 2.05) is 0 Å². The molecule has 1 aliphatic rings. The highest BCUT2D eigenvalue weighted by Gasteiger charge is 2.41. The Morgan fingerprint density at radius 1 is 1.62 bits per heavy atom. The lowest BCUT2D eigenvalue weighted by Gasteiger charge is -2.01.